The van der Waals surface area contributed by atoms with Gasteiger partial charge < -0.3 is 13.7 Å². The Kier molecular flexibility index (Phi) is 9.90. The van der Waals surface area contributed by atoms with Crippen LogP contribution in [0.15, 0.2) is 261 Å². The van der Waals surface area contributed by atoms with E-state index in [2.05, 4.69) is 281 Å². The SMILES string of the molecule is C1=Cc2c(c(-c3ccccc3)c3ccccc3c2C2=CCC(n3c4ccc(-c5cccc(-n6c7ccccc7c7ccccc76)c5)cc4c4cc(-c5cccc(-n6c7ccccc7c7ccccc76)c5)ccc43)C=C2)CC1. The van der Waals surface area contributed by atoms with Crippen molar-refractivity contribution in [3.05, 3.63) is 278 Å². The van der Waals surface area contributed by atoms with Crippen LogP contribution in [0.3, 0.4) is 0 Å². The van der Waals surface area contributed by atoms with E-state index >= 15 is 0 Å². The van der Waals surface area contributed by atoms with Crippen molar-refractivity contribution in [2.24, 2.45) is 0 Å². The van der Waals surface area contributed by atoms with E-state index in [0.717, 1.165) is 30.6 Å². The molecule has 362 valence electrons. The highest BCUT2D eigenvalue weighted by molar-refractivity contribution is 6.13. The third-order valence-electron chi connectivity index (χ3n) is 16.8. The van der Waals surface area contributed by atoms with Crippen molar-refractivity contribution in [1.29, 1.82) is 0 Å². The molecule has 0 spiro atoms. The molecular weight excluding hydrogens is 931 g/mol. The molecule has 77 heavy (non-hydrogen) atoms. The maximum Gasteiger partial charge on any atom is 0.0560 e. The molecular formula is C74H51N3. The number of allylic oxidation sites excluding steroid dienone is 5. The first-order valence-corrected chi connectivity index (χ1v) is 27.2. The van der Waals surface area contributed by atoms with Gasteiger partial charge in [0.15, 0.2) is 0 Å². The Bertz CT molecular complexity index is 4520. The zero-order valence-electron chi connectivity index (χ0n) is 42.4. The number of hydrogen-bond donors (Lipinski definition) is 0. The highest BCUT2D eigenvalue weighted by Crippen LogP contribution is 2.46. The second-order valence-electron chi connectivity index (χ2n) is 21.0. The molecule has 11 aromatic carbocycles. The first-order chi connectivity index (χ1) is 38.2. The maximum absolute atomic E-state index is 2.61. The number of hydrogen-bond acceptors (Lipinski definition) is 0. The molecule has 0 bridgehead atoms. The Labute approximate surface area is 446 Å². The van der Waals surface area contributed by atoms with Crippen LogP contribution in [0.2, 0.25) is 0 Å². The van der Waals surface area contributed by atoms with Crippen LogP contribution in [0.4, 0.5) is 0 Å². The summed E-state index contributed by atoms with van der Waals surface area (Å²) in [5.74, 6) is 0. The molecule has 0 aliphatic heterocycles. The smallest absolute Gasteiger partial charge is 0.0560 e. The zero-order valence-corrected chi connectivity index (χ0v) is 42.4. The number of fused-ring (bicyclic) bond motifs is 11. The minimum absolute atomic E-state index is 0.119. The molecule has 1 unspecified atom stereocenters. The summed E-state index contributed by atoms with van der Waals surface area (Å²) in [5, 5.41) is 10.2. The Balaban J connectivity index is 0.845. The summed E-state index contributed by atoms with van der Waals surface area (Å²) in [6, 6.07) is 87.8. The summed E-state index contributed by atoms with van der Waals surface area (Å²) in [6.07, 6.45) is 15.1. The van der Waals surface area contributed by atoms with Gasteiger partial charge in [0.1, 0.15) is 0 Å². The van der Waals surface area contributed by atoms with Gasteiger partial charge in [-0.1, -0.05) is 194 Å². The molecule has 2 aliphatic carbocycles. The largest absolute Gasteiger partial charge is 0.333 e. The second-order valence-corrected chi connectivity index (χ2v) is 21.0. The lowest BCUT2D eigenvalue weighted by molar-refractivity contribution is 0.649. The summed E-state index contributed by atoms with van der Waals surface area (Å²) in [5.41, 5.74) is 22.6. The average molecular weight is 982 g/mol. The van der Waals surface area contributed by atoms with E-state index in [-0.39, 0.29) is 6.04 Å². The molecule has 0 amide bonds. The van der Waals surface area contributed by atoms with Crippen molar-refractivity contribution in [1.82, 2.24) is 13.7 Å². The quantitative estimate of drug-likeness (QED) is 0.151. The summed E-state index contributed by atoms with van der Waals surface area (Å²) < 4.78 is 7.45. The Morgan fingerprint density at radius 2 is 0.792 bits per heavy atom. The summed E-state index contributed by atoms with van der Waals surface area (Å²) in [6.45, 7) is 0. The van der Waals surface area contributed by atoms with Crippen molar-refractivity contribution in [2.45, 2.75) is 25.3 Å². The van der Waals surface area contributed by atoms with Crippen LogP contribution in [0.5, 0.6) is 0 Å². The molecule has 3 heterocycles. The zero-order chi connectivity index (χ0) is 50.6. The molecule has 0 radical (unpaired) electrons. The Morgan fingerprint density at radius 3 is 1.30 bits per heavy atom. The number of rotatable bonds is 7. The third-order valence-corrected chi connectivity index (χ3v) is 16.8. The van der Waals surface area contributed by atoms with Crippen molar-refractivity contribution in [3.8, 4) is 44.8 Å². The van der Waals surface area contributed by atoms with Gasteiger partial charge in [-0.05, 0) is 158 Å². The third kappa shape index (κ3) is 6.83. The van der Waals surface area contributed by atoms with Gasteiger partial charge in [0.2, 0.25) is 0 Å². The fraction of sp³-hybridized carbons (Fsp3) is 0.0541. The van der Waals surface area contributed by atoms with Gasteiger partial charge in [-0.3, -0.25) is 0 Å². The monoisotopic (exact) mass is 981 g/mol. The molecule has 14 aromatic rings. The van der Waals surface area contributed by atoms with Crippen LogP contribution in [0.1, 0.15) is 35.6 Å². The van der Waals surface area contributed by atoms with E-state index in [1.807, 2.05) is 0 Å². The number of para-hydroxylation sites is 4. The fourth-order valence-electron chi connectivity index (χ4n) is 13.4. The maximum atomic E-state index is 2.61. The first-order valence-electron chi connectivity index (χ1n) is 27.2. The molecule has 0 saturated heterocycles. The predicted molar refractivity (Wildman–Crippen MR) is 327 cm³/mol. The fourth-order valence-corrected chi connectivity index (χ4v) is 13.4. The summed E-state index contributed by atoms with van der Waals surface area (Å²) in [4.78, 5) is 0. The van der Waals surface area contributed by atoms with Gasteiger partial charge in [0, 0.05) is 54.7 Å². The molecule has 0 N–H and O–H groups in total. The number of nitrogens with zero attached hydrogens (tertiary/aromatic N) is 3. The van der Waals surface area contributed by atoms with Gasteiger partial charge in [0.25, 0.3) is 0 Å². The van der Waals surface area contributed by atoms with Gasteiger partial charge in [-0.25, -0.2) is 0 Å². The van der Waals surface area contributed by atoms with Crippen molar-refractivity contribution >= 4 is 87.8 Å². The summed E-state index contributed by atoms with van der Waals surface area (Å²) >= 11 is 0. The highest BCUT2D eigenvalue weighted by atomic mass is 15.0. The number of aromatic nitrogens is 3. The van der Waals surface area contributed by atoms with Crippen LogP contribution in [-0.4, -0.2) is 13.7 Å². The van der Waals surface area contributed by atoms with Gasteiger partial charge in [-0.2, -0.15) is 0 Å². The molecule has 1 atom stereocenters. The lowest BCUT2D eigenvalue weighted by Gasteiger charge is -2.26. The van der Waals surface area contributed by atoms with Crippen molar-refractivity contribution in [2.75, 3.05) is 0 Å². The predicted octanol–water partition coefficient (Wildman–Crippen LogP) is 19.7. The Morgan fingerprint density at radius 1 is 0.338 bits per heavy atom. The highest BCUT2D eigenvalue weighted by Gasteiger charge is 2.25. The molecule has 0 fully saturated rings. The lowest BCUT2D eigenvalue weighted by atomic mass is 9.79. The second kappa shape index (κ2) is 17.4. The molecule has 2 aliphatic rings. The van der Waals surface area contributed by atoms with Crippen LogP contribution < -0.4 is 0 Å². The van der Waals surface area contributed by atoms with E-state index in [1.165, 1.54) is 132 Å². The molecule has 3 nitrogen and oxygen atoms in total. The van der Waals surface area contributed by atoms with E-state index in [4.69, 9.17) is 0 Å². The Hall–Kier alpha value is -9.70. The van der Waals surface area contributed by atoms with Crippen LogP contribution in [-0.2, 0) is 6.42 Å². The van der Waals surface area contributed by atoms with E-state index in [1.54, 1.807) is 0 Å². The molecule has 16 rings (SSSR count). The van der Waals surface area contributed by atoms with Crippen LogP contribution >= 0.6 is 0 Å². The first kappa shape index (κ1) is 43.7. The molecule has 0 saturated carbocycles. The van der Waals surface area contributed by atoms with Gasteiger partial charge in [0.05, 0.1) is 28.1 Å². The molecule has 3 aromatic heterocycles. The van der Waals surface area contributed by atoms with Gasteiger partial charge >= 0.3 is 0 Å². The summed E-state index contributed by atoms with van der Waals surface area (Å²) in [7, 11) is 0. The van der Waals surface area contributed by atoms with Crippen LogP contribution in [0.25, 0.3) is 133 Å². The lowest BCUT2D eigenvalue weighted by Crippen LogP contribution is -2.09. The topological polar surface area (TPSA) is 14.8 Å². The van der Waals surface area contributed by atoms with Crippen LogP contribution in [0, 0.1) is 0 Å². The normalized spacial score (nSPS) is 14.4. The molecule has 3 heteroatoms. The minimum Gasteiger partial charge on any atom is -0.333 e. The van der Waals surface area contributed by atoms with Crippen molar-refractivity contribution < 1.29 is 0 Å². The standard InChI is InChI=1S/C74H51N3/c1-2-18-48(19-3-1)73-61-28-4-6-30-63(61)74(64-31-7-5-29-62(64)73)49-36-40-54(41-37-49)75-71-42-38-52(50-20-16-22-55(44-50)76-67-32-12-8-24-57(67)58-25-9-13-33-68(58)76)46-65(71)66-47-53(39-43-72(66)75)51-21-17-23-56(45-51)77-69-34-14-10-26-59(69)60-27-11-15-35-70(60)77/h1-4,6-28,30-40,42-47,54H,5,29,41H2. The van der Waals surface area contributed by atoms with Gasteiger partial charge in [-0.15, -0.1) is 0 Å². The van der Waals surface area contributed by atoms with E-state index in [0.29, 0.717) is 0 Å². The minimum atomic E-state index is 0.119. The number of benzene rings is 11. The van der Waals surface area contributed by atoms with E-state index < -0.39 is 0 Å². The average Bonchev–Trinajstić information content (AvgIpc) is 4.26. The van der Waals surface area contributed by atoms with E-state index in [9.17, 15) is 0 Å². The van der Waals surface area contributed by atoms with Crippen molar-refractivity contribution in [3.63, 3.8) is 0 Å².